The van der Waals surface area contributed by atoms with E-state index in [2.05, 4.69) is 21.2 Å². The van der Waals surface area contributed by atoms with Gasteiger partial charge in [-0.3, -0.25) is 4.79 Å². The lowest BCUT2D eigenvalue weighted by molar-refractivity contribution is 0.0908. The molecule has 0 aliphatic rings. The van der Waals surface area contributed by atoms with Crippen LogP contribution in [0.3, 0.4) is 0 Å². The van der Waals surface area contributed by atoms with Crippen LogP contribution >= 0.6 is 15.9 Å². The lowest BCUT2D eigenvalue weighted by Crippen LogP contribution is -2.39. The first kappa shape index (κ1) is 11.3. The van der Waals surface area contributed by atoms with Crippen molar-refractivity contribution >= 4 is 21.8 Å². The number of nitrogens with two attached hydrogens (primary N) is 1. The van der Waals surface area contributed by atoms with Crippen molar-refractivity contribution in [2.45, 2.75) is 19.4 Å². The smallest absolute Gasteiger partial charge is 0.287 e. The topological polar surface area (TPSA) is 68.3 Å². The Morgan fingerprint density at radius 2 is 2.43 bits per heavy atom. The molecule has 0 radical (unpaired) electrons. The van der Waals surface area contributed by atoms with E-state index < -0.39 is 0 Å². The summed E-state index contributed by atoms with van der Waals surface area (Å²) in [4.78, 5) is 11.5. The molecule has 0 aromatic carbocycles. The van der Waals surface area contributed by atoms with Crippen molar-refractivity contribution in [2.75, 3.05) is 6.54 Å². The second-order valence-electron chi connectivity index (χ2n) is 2.92. The standard InChI is InChI=1S/C9H13BrN2O2/c1-2-6(5-11)12-9(13)7-3-4-8(10)14-7/h3-4,6H,2,5,11H2,1H3,(H,12,13). The molecule has 4 nitrogen and oxygen atoms in total. The van der Waals surface area contributed by atoms with Crippen LogP contribution in [0.15, 0.2) is 21.2 Å². The van der Waals surface area contributed by atoms with Crippen molar-refractivity contribution in [1.29, 1.82) is 0 Å². The van der Waals surface area contributed by atoms with Crippen molar-refractivity contribution in [3.8, 4) is 0 Å². The molecular weight excluding hydrogens is 248 g/mol. The van der Waals surface area contributed by atoms with Crippen LogP contribution in [0.4, 0.5) is 0 Å². The van der Waals surface area contributed by atoms with Crippen molar-refractivity contribution in [2.24, 2.45) is 5.73 Å². The molecule has 0 aliphatic carbocycles. The van der Waals surface area contributed by atoms with E-state index in [-0.39, 0.29) is 11.9 Å². The first-order chi connectivity index (χ1) is 6.67. The lowest BCUT2D eigenvalue weighted by atomic mass is 10.2. The van der Waals surface area contributed by atoms with Gasteiger partial charge in [0, 0.05) is 12.6 Å². The van der Waals surface area contributed by atoms with Crippen molar-refractivity contribution in [3.05, 3.63) is 22.6 Å². The largest absolute Gasteiger partial charge is 0.444 e. The predicted molar refractivity (Wildman–Crippen MR) is 57.0 cm³/mol. The molecule has 1 aromatic heterocycles. The molecule has 1 heterocycles. The Balaban J connectivity index is 2.58. The second kappa shape index (κ2) is 5.17. The van der Waals surface area contributed by atoms with E-state index in [1.165, 1.54) is 0 Å². The van der Waals surface area contributed by atoms with Gasteiger partial charge in [-0.05, 0) is 34.5 Å². The maximum Gasteiger partial charge on any atom is 0.287 e. The summed E-state index contributed by atoms with van der Waals surface area (Å²) in [6.07, 6.45) is 0.810. The molecule has 1 rings (SSSR count). The minimum atomic E-state index is -0.229. The zero-order valence-electron chi connectivity index (χ0n) is 7.92. The van der Waals surface area contributed by atoms with Crippen LogP contribution in [-0.2, 0) is 0 Å². The van der Waals surface area contributed by atoms with Gasteiger partial charge in [-0.1, -0.05) is 6.92 Å². The van der Waals surface area contributed by atoms with E-state index >= 15 is 0 Å². The number of furan rings is 1. The van der Waals surface area contributed by atoms with Crippen LogP contribution in [0.5, 0.6) is 0 Å². The molecular formula is C9H13BrN2O2. The van der Waals surface area contributed by atoms with Gasteiger partial charge in [-0.15, -0.1) is 0 Å². The number of nitrogens with one attached hydrogen (secondary N) is 1. The van der Waals surface area contributed by atoms with Crippen molar-refractivity contribution in [1.82, 2.24) is 5.32 Å². The molecule has 78 valence electrons. The van der Waals surface area contributed by atoms with Crippen molar-refractivity contribution in [3.63, 3.8) is 0 Å². The van der Waals surface area contributed by atoms with E-state index in [1.54, 1.807) is 12.1 Å². The summed E-state index contributed by atoms with van der Waals surface area (Å²) >= 11 is 3.13. The molecule has 1 unspecified atom stereocenters. The van der Waals surface area contributed by atoms with Gasteiger partial charge in [0.1, 0.15) is 0 Å². The number of rotatable bonds is 4. The van der Waals surface area contributed by atoms with Gasteiger partial charge in [0.2, 0.25) is 0 Å². The summed E-state index contributed by atoms with van der Waals surface area (Å²) in [5, 5.41) is 2.77. The SMILES string of the molecule is CCC(CN)NC(=O)c1ccc(Br)o1. The molecule has 5 heteroatoms. The highest BCUT2D eigenvalue weighted by Gasteiger charge is 2.13. The molecule has 0 saturated carbocycles. The monoisotopic (exact) mass is 260 g/mol. The Hall–Kier alpha value is -0.810. The van der Waals surface area contributed by atoms with Crippen LogP contribution in [-0.4, -0.2) is 18.5 Å². The van der Waals surface area contributed by atoms with Crippen LogP contribution in [0.1, 0.15) is 23.9 Å². The molecule has 3 N–H and O–H groups in total. The third-order valence-corrected chi connectivity index (χ3v) is 2.34. The first-order valence-corrected chi connectivity index (χ1v) is 5.23. The van der Waals surface area contributed by atoms with E-state index in [9.17, 15) is 4.79 Å². The van der Waals surface area contributed by atoms with Crippen LogP contribution < -0.4 is 11.1 Å². The van der Waals surface area contributed by atoms with E-state index in [0.717, 1.165) is 6.42 Å². The fourth-order valence-electron chi connectivity index (χ4n) is 1.02. The zero-order chi connectivity index (χ0) is 10.6. The first-order valence-electron chi connectivity index (χ1n) is 4.43. The van der Waals surface area contributed by atoms with E-state index in [1.807, 2.05) is 6.92 Å². The average Bonchev–Trinajstić information content (AvgIpc) is 2.61. The van der Waals surface area contributed by atoms with E-state index in [4.69, 9.17) is 10.2 Å². The summed E-state index contributed by atoms with van der Waals surface area (Å²) in [6.45, 7) is 2.40. The summed E-state index contributed by atoms with van der Waals surface area (Å²) < 4.78 is 5.64. The highest BCUT2D eigenvalue weighted by molar-refractivity contribution is 9.10. The van der Waals surface area contributed by atoms with Gasteiger partial charge >= 0.3 is 0 Å². The lowest BCUT2D eigenvalue weighted by Gasteiger charge is -2.12. The molecule has 0 aliphatic heterocycles. The van der Waals surface area contributed by atoms with Crippen LogP contribution in [0.25, 0.3) is 0 Å². The molecule has 0 bridgehead atoms. The molecule has 0 spiro atoms. The minimum absolute atomic E-state index is 0.00590. The van der Waals surface area contributed by atoms with Gasteiger partial charge in [-0.25, -0.2) is 0 Å². The Kier molecular flexibility index (Phi) is 4.16. The summed E-state index contributed by atoms with van der Waals surface area (Å²) in [7, 11) is 0. The molecule has 0 saturated heterocycles. The molecule has 1 atom stereocenters. The quantitative estimate of drug-likeness (QED) is 0.863. The summed E-state index contributed by atoms with van der Waals surface area (Å²) in [5.41, 5.74) is 5.46. The Labute approximate surface area is 91.0 Å². The van der Waals surface area contributed by atoms with Gasteiger partial charge < -0.3 is 15.5 Å². The number of hydrogen-bond donors (Lipinski definition) is 2. The molecule has 1 aromatic rings. The number of halogens is 1. The van der Waals surface area contributed by atoms with Crippen LogP contribution in [0, 0.1) is 0 Å². The van der Waals surface area contributed by atoms with Gasteiger partial charge in [0.15, 0.2) is 10.4 Å². The Morgan fingerprint density at radius 1 is 1.71 bits per heavy atom. The Morgan fingerprint density at radius 3 is 2.86 bits per heavy atom. The normalized spacial score (nSPS) is 12.5. The van der Waals surface area contributed by atoms with Gasteiger partial charge in [-0.2, -0.15) is 0 Å². The minimum Gasteiger partial charge on any atom is -0.444 e. The predicted octanol–water partition coefficient (Wildman–Crippen LogP) is 1.51. The third kappa shape index (κ3) is 2.85. The average molecular weight is 261 g/mol. The number of carbonyl (C=O) groups is 1. The number of amides is 1. The number of carbonyl (C=O) groups excluding carboxylic acids is 1. The highest BCUT2D eigenvalue weighted by atomic mass is 79.9. The number of hydrogen-bond acceptors (Lipinski definition) is 3. The van der Waals surface area contributed by atoms with Gasteiger partial charge in [0.05, 0.1) is 0 Å². The fourth-order valence-corrected chi connectivity index (χ4v) is 1.33. The third-order valence-electron chi connectivity index (χ3n) is 1.91. The fraction of sp³-hybridized carbons (Fsp3) is 0.444. The highest BCUT2D eigenvalue weighted by Crippen LogP contribution is 2.13. The van der Waals surface area contributed by atoms with E-state index in [0.29, 0.717) is 17.0 Å². The maximum absolute atomic E-state index is 11.5. The van der Waals surface area contributed by atoms with Crippen molar-refractivity contribution < 1.29 is 9.21 Å². The molecule has 14 heavy (non-hydrogen) atoms. The molecule has 1 amide bonds. The zero-order valence-corrected chi connectivity index (χ0v) is 9.50. The molecule has 0 fully saturated rings. The second-order valence-corrected chi connectivity index (χ2v) is 3.70. The summed E-state index contributed by atoms with van der Waals surface area (Å²) in [5.74, 6) is 0.0665. The Bertz CT molecular complexity index is 308. The van der Waals surface area contributed by atoms with Gasteiger partial charge in [0.25, 0.3) is 5.91 Å². The summed E-state index contributed by atoms with van der Waals surface area (Å²) in [6, 6.07) is 3.30. The van der Waals surface area contributed by atoms with Crippen LogP contribution in [0.2, 0.25) is 0 Å². The maximum atomic E-state index is 11.5.